The van der Waals surface area contributed by atoms with Gasteiger partial charge in [0.25, 0.3) is 0 Å². The lowest BCUT2D eigenvalue weighted by atomic mass is 10.1. The van der Waals surface area contributed by atoms with Crippen molar-refractivity contribution >= 4 is 5.96 Å². The van der Waals surface area contributed by atoms with E-state index in [-0.39, 0.29) is 12.1 Å². The SMILES string of the molecule is COc1ccc(C(O)CN=C(N)NC(C)(C)C)cc1. The first-order chi connectivity index (χ1) is 8.81. The highest BCUT2D eigenvalue weighted by atomic mass is 16.5. The first-order valence-electron chi connectivity index (χ1n) is 6.22. The number of rotatable bonds is 4. The van der Waals surface area contributed by atoms with E-state index in [4.69, 9.17) is 10.5 Å². The van der Waals surface area contributed by atoms with Gasteiger partial charge < -0.3 is 20.9 Å². The van der Waals surface area contributed by atoms with Crippen LogP contribution in [0.5, 0.6) is 5.75 Å². The Bertz CT molecular complexity index is 421. The number of aliphatic hydroxyl groups excluding tert-OH is 1. The molecule has 1 aromatic carbocycles. The summed E-state index contributed by atoms with van der Waals surface area (Å²) in [6, 6.07) is 7.23. The van der Waals surface area contributed by atoms with Crippen LogP contribution in [0.25, 0.3) is 0 Å². The van der Waals surface area contributed by atoms with E-state index in [1.807, 2.05) is 32.9 Å². The lowest BCUT2D eigenvalue weighted by Gasteiger charge is -2.21. The maximum Gasteiger partial charge on any atom is 0.189 e. The first kappa shape index (κ1) is 15.3. The molecule has 0 aromatic heterocycles. The van der Waals surface area contributed by atoms with E-state index in [1.54, 1.807) is 19.2 Å². The Balaban J connectivity index is 2.58. The summed E-state index contributed by atoms with van der Waals surface area (Å²) in [5, 5.41) is 13.0. The molecule has 5 heteroatoms. The summed E-state index contributed by atoms with van der Waals surface area (Å²) in [5.74, 6) is 1.09. The summed E-state index contributed by atoms with van der Waals surface area (Å²) in [4.78, 5) is 4.13. The predicted octanol–water partition coefficient (Wildman–Crippen LogP) is 1.43. The number of aliphatic imine (C=N–C) groups is 1. The minimum atomic E-state index is -0.675. The molecule has 0 spiro atoms. The average Bonchev–Trinajstić information content (AvgIpc) is 2.34. The van der Waals surface area contributed by atoms with E-state index < -0.39 is 6.10 Å². The van der Waals surface area contributed by atoms with Crippen LogP contribution in [-0.4, -0.2) is 30.3 Å². The highest BCUT2D eigenvalue weighted by molar-refractivity contribution is 5.78. The molecule has 0 bridgehead atoms. The molecule has 0 saturated carbocycles. The number of aliphatic hydroxyl groups is 1. The smallest absolute Gasteiger partial charge is 0.189 e. The van der Waals surface area contributed by atoms with Gasteiger partial charge in [0, 0.05) is 5.54 Å². The van der Waals surface area contributed by atoms with Crippen LogP contribution in [0.15, 0.2) is 29.3 Å². The van der Waals surface area contributed by atoms with Crippen LogP contribution in [0, 0.1) is 0 Å². The van der Waals surface area contributed by atoms with E-state index >= 15 is 0 Å². The van der Waals surface area contributed by atoms with Crippen molar-refractivity contribution < 1.29 is 9.84 Å². The molecule has 1 atom stereocenters. The zero-order valence-corrected chi connectivity index (χ0v) is 12.0. The van der Waals surface area contributed by atoms with Crippen LogP contribution >= 0.6 is 0 Å². The van der Waals surface area contributed by atoms with Gasteiger partial charge in [0.05, 0.1) is 19.8 Å². The second-order valence-electron chi connectivity index (χ2n) is 5.39. The van der Waals surface area contributed by atoms with Gasteiger partial charge in [-0.15, -0.1) is 0 Å². The third-order valence-electron chi connectivity index (χ3n) is 2.44. The van der Waals surface area contributed by atoms with Crippen molar-refractivity contribution in [3.63, 3.8) is 0 Å². The van der Waals surface area contributed by atoms with E-state index in [9.17, 15) is 5.11 Å². The molecular formula is C14H23N3O2. The first-order valence-corrected chi connectivity index (χ1v) is 6.22. The van der Waals surface area contributed by atoms with Crippen LogP contribution in [0.3, 0.4) is 0 Å². The molecule has 106 valence electrons. The van der Waals surface area contributed by atoms with Crippen LogP contribution in [0.2, 0.25) is 0 Å². The molecule has 1 rings (SSSR count). The Hall–Kier alpha value is -1.75. The molecule has 0 amide bonds. The van der Waals surface area contributed by atoms with E-state index in [2.05, 4.69) is 10.3 Å². The van der Waals surface area contributed by atoms with Crippen LogP contribution in [0.4, 0.5) is 0 Å². The molecule has 4 N–H and O–H groups in total. The molecule has 0 fully saturated rings. The maximum absolute atomic E-state index is 10.0. The normalized spacial score (nSPS) is 14.1. The average molecular weight is 265 g/mol. The third kappa shape index (κ3) is 5.61. The zero-order valence-electron chi connectivity index (χ0n) is 12.0. The topological polar surface area (TPSA) is 79.9 Å². The predicted molar refractivity (Wildman–Crippen MR) is 77.3 cm³/mol. The number of methoxy groups -OCH3 is 1. The maximum atomic E-state index is 10.0. The Labute approximate surface area is 114 Å². The molecule has 0 radical (unpaired) electrons. The lowest BCUT2D eigenvalue weighted by Crippen LogP contribution is -2.45. The number of hydrogen-bond donors (Lipinski definition) is 3. The number of nitrogens with one attached hydrogen (secondary N) is 1. The molecule has 19 heavy (non-hydrogen) atoms. The molecule has 1 unspecified atom stereocenters. The molecular weight excluding hydrogens is 242 g/mol. The number of guanidine groups is 1. The van der Waals surface area contributed by atoms with Crippen molar-refractivity contribution in [2.24, 2.45) is 10.7 Å². The van der Waals surface area contributed by atoms with Crippen LogP contribution in [0.1, 0.15) is 32.4 Å². The van der Waals surface area contributed by atoms with Gasteiger partial charge in [0.1, 0.15) is 5.75 Å². The summed E-state index contributed by atoms with van der Waals surface area (Å²) < 4.78 is 5.06. The largest absolute Gasteiger partial charge is 0.497 e. The van der Waals surface area contributed by atoms with Crippen LogP contribution < -0.4 is 15.8 Å². The van der Waals surface area contributed by atoms with Crippen molar-refractivity contribution in [2.45, 2.75) is 32.4 Å². The van der Waals surface area contributed by atoms with Crippen molar-refractivity contribution in [2.75, 3.05) is 13.7 Å². The van der Waals surface area contributed by atoms with Crippen LogP contribution in [-0.2, 0) is 0 Å². The zero-order chi connectivity index (χ0) is 14.5. The summed E-state index contributed by atoms with van der Waals surface area (Å²) in [5.41, 5.74) is 6.38. The second-order valence-corrected chi connectivity index (χ2v) is 5.39. The minimum absolute atomic E-state index is 0.140. The van der Waals surface area contributed by atoms with E-state index in [1.165, 1.54) is 0 Å². The Morgan fingerprint density at radius 2 is 1.95 bits per heavy atom. The number of nitrogens with two attached hydrogens (primary N) is 1. The molecule has 0 aliphatic carbocycles. The van der Waals surface area contributed by atoms with Gasteiger partial charge in [-0.3, -0.25) is 4.99 Å². The quantitative estimate of drug-likeness (QED) is 0.568. The van der Waals surface area contributed by atoms with Gasteiger partial charge in [0.2, 0.25) is 0 Å². The lowest BCUT2D eigenvalue weighted by molar-refractivity contribution is 0.187. The van der Waals surface area contributed by atoms with Gasteiger partial charge in [-0.05, 0) is 38.5 Å². The Kier molecular flexibility index (Phi) is 5.18. The molecule has 0 aliphatic heterocycles. The second kappa shape index (κ2) is 6.43. The number of nitrogens with zero attached hydrogens (tertiary/aromatic N) is 1. The molecule has 0 heterocycles. The highest BCUT2D eigenvalue weighted by Crippen LogP contribution is 2.17. The molecule has 0 saturated heterocycles. The number of hydrogen-bond acceptors (Lipinski definition) is 3. The summed E-state index contributed by atoms with van der Waals surface area (Å²) in [7, 11) is 1.61. The summed E-state index contributed by atoms with van der Waals surface area (Å²) >= 11 is 0. The monoisotopic (exact) mass is 265 g/mol. The fraction of sp³-hybridized carbons (Fsp3) is 0.500. The van der Waals surface area contributed by atoms with Gasteiger partial charge in [-0.1, -0.05) is 12.1 Å². The summed E-state index contributed by atoms with van der Waals surface area (Å²) in [6.07, 6.45) is -0.675. The van der Waals surface area contributed by atoms with E-state index in [0.717, 1.165) is 11.3 Å². The minimum Gasteiger partial charge on any atom is -0.497 e. The Morgan fingerprint density at radius 1 is 1.37 bits per heavy atom. The number of benzene rings is 1. The summed E-state index contributed by atoms with van der Waals surface area (Å²) in [6.45, 7) is 6.21. The van der Waals surface area contributed by atoms with E-state index in [0.29, 0.717) is 5.96 Å². The van der Waals surface area contributed by atoms with Crippen molar-refractivity contribution in [1.82, 2.24) is 5.32 Å². The van der Waals surface area contributed by atoms with Gasteiger partial charge >= 0.3 is 0 Å². The van der Waals surface area contributed by atoms with Gasteiger partial charge in [-0.25, -0.2) is 0 Å². The van der Waals surface area contributed by atoms with Gasteiger partial charge in [0.15, 0.2) is 5.96 Å². The fourth-order valence-corrected chi connectivity index (χ4v) is 1.54. The molecule has 5 nitrogen and oxygen atoms in total. The fourth-order valence-electron chi connectivity index (χ4n) is 1.54. The standard InChI is InChI=1S/C14H23N3O2/c1-14(2,3)17-13(15)16-9-12(18)10-5-7-11(19-4)8-6-10/h5-8,12,18H,9H2,1-4H3,(H3,15,16,17). The Morgan fingerprint density at radius 3 is 2.42 bits per heavy atom. The third-order valence-corrected chi connectivity index (χ3v) is 2.44. The highest BCUT2D eigenvalue weighted by Gasteiger charge is 2.11. The van der Waals surface area contributed by atoms with Crippen molar-refractivity contribution in [1.29, 1.82) is 0 Å². The molecule has 1 aromatic rings. The van der Waals surface area contributed by atoms with Crippen molar-refractivity contribution in [3.8, 4) is 5.75 Å². The van der Waals surface area contributed by atoms with Crippen molar-refractivity contribution in [3.05, 3.63) is 29.8 Å². The molecule has 0 aliphatic rings. The van der Waals surface area contributed by atoms with Gasteiger partial charge in [-0.2, -0.15) is 0 Å². The number of ether oxygens (including phenoxy) is 1.